The average Bonchev–Trinajstić information content (AvgIpc) is 2.71. The van der Waals surface area contributed by atoms with Crippen LogP contribution in [0.1, 0.15) is 26.3 Å². The normalized spacial score (nSPS) is 14.7. The van der Waals surface area contributed by atoms with Gasteiger partial charge in [0, 0.05) is 16.5 Å². The van der Waals surface area contributed by atoms with Crippen molar-refractivity contribution in [1.82, 2.24) is 5.09 Å². The Balaban J connectivity index is 2.19. The van der Waals surface area contributed by atoms with Crippen LogP contribution in [0.5, 0.6) is 0 Å². The minimum atomic E-state index is -2.90. The summed E-state index contributed by atoms with van der Waals surface area (Å²) >= 11 is 9.20. The summed E-state index contributed by atoms with van der Waals surface area (Å²) in [6, 6.07) is 8.19. The summed E-state index contributed by atoms with van der Waals surface area (Å²) in [5, 5.41) is 4.18. The number of fused-ring (bicyclic) bond motifs is 1. The van der Waals surface area contributed by atoms with Crippen LogP contribution >= 0.6 is 41.0 Å². The molecule has 0 spiro atoms. The highest BCUT2D eigenvalue weighted by atomic mass is 35.5. The smallest absolute Gasteiger partial charge is 0.310 e. The molecule has 1 unspecified atom stereocenters. The molecule has 3 nitrogen and oxygen atoms in total. The van der Waals surface area contributed by atoms with Crippen LogP contribution in [-0.2, 0) is 14.8 Å². The molecule has 0 saturated heterocycles. The zero-order valence-electron chi connectivity index (χ0n) is 12.3. The number of rotatable bonds is 7. The first-order valence-corrected chi connectivity index (χ1v) is 11.2. The fraction of sp³-hybridized carbons (Fsp3) is 0.429. The summed E-state index contributed by atoms with van der Waals surface area (Å²) < 4.78 is 20.1. The number of thiophene rings is 1. The molecule has 0 aliphatic heterocycles. The molecule has 7 heteroatoms. The summed E-state index contributed by atoms with van der Waals surface area (Å²) in [5.41, 5.74) is 1.03. The van der Waals surface area contributed by atoms with Crippen LogP contribution in [0.2, 0.25) is 4.34 Å². The van der Waals surface area contributed by atoms with Crippen molar-refractivity contribution in [2.45, 2.75) is 32.6 Å². The maximum Gasteiger partial charge on any atom is 0.327 e. The summed E-state index contributed by atoms with van der Waals surface area (Å²) in [7, 11) is 0. The lowest BCUT2D eigenvalue weighted by molar-refractivity contribution is 0.335. The van der Waals surface area contributed by atoms with Crippen LogP contribution in [0, 0.1) is 0 Å². The fourth-order valence-corrected chi connectivity index (χ4v) is 7.57. The van der Waals surface area contributed by atoms with Crippen LogP contribution in [0.25, 0.3) is 10.1 Å². The molecule has 1 aromatic carbocycles. The monoisotopic (exact) mass is 363 g/mol. The van der Waals surface area contributed by atoms with Gasteiger partial charge in [0.05, 0.1) is 10.9 Å². The van der Waals surface area contributed by atoms with Crippen molar-refractivity contribution in [2.75, 3.05) is 6.61 Å². The predicted octanol–water partition coefficient (Wildman–Crippen LogP) is 5.93. The van der Waals surface area contributed by atoms with E-state index < -0.39 is 6.72 Å². The van der Waals surface area contributed by atoms with E-state index in [4.69, 9.17) is 16.1 Å². The van der Waals surface area contributed by atoms with E-state index in [1.807, 2.05) is 32.9 Å². The minimum absolute atomic E-state index is 0.101. The Hall–Kier alpha value is -0.0300. The van der Waals surface area contributed by atoms with E-state index in [2.05, 4.69) is 17.2 Å². The summed E-state index contributed by atoms with van der Waals surface area (Å²) in [4.78, 5) is 0. The van der Waals surface area contributed by atoms with Gasteiger partial charge in [-0.25, -0.2) is 5.09 Å². The van der Waals surface area contributed by atoms with Crippen molar-refractivity contribution >= 4 is 51.1 Å². The van der Waals surface area contributed by atoms with Crippen LogP contribution < -0.4 is 5.09 Å². The second-order valence-electron chi connectivity index (χ2n) is 4.82. The van der Waals surface area contributed by atoms with Crippen LogP contribution in [0.15, 0.2) is 24.3 Å². The highest BCUT2D eigenvalue weighted by molar-refractivity contribution is 8.55. The lowest BCUT2D eigenvalue weighted by atomic mass is 10.2. The molecule has 0 amide bonds. The number of nitrogens with one attached hydrogen (secondary N) is 1. The zero-order chi connectivity index (χ0) is 15.5. The Kier molecular flexibility index (Phi) is 6.18. The molecule has 1 atom stereocenters. The molecule has 1 heterocycles. The number of halogens is 1. The third-order valence-corrected chi connectivity index (χ3v) is 8.43. The van der Waals surface area contributed by atoms with Crippen LogP contribution in [0.4, 0.5) is 0 Å². The lowest BCUT2D eigenvalue weighted by Crippen LogP contribution is -2.19. The van der Waals surface area contributed by atoms with Gasteiger partial charge in [0.15, 0.2) is 0 Å². The van der Waals surface area contributed by atoms with Crippen LogP contribution in [0.3, 0.4) is 0 Å². The van der Waals surface area contributed by atoms with Gasteiger partial charge in [-0.1, -0.05) is 29.8 Å². The number of hydrogen-bond acceptors (Lipinski definition) is 4. The Morgan fingerprint density at radius 2 is 2.14 bits per heavy atom. The van der Waals surface area contributed by atoms with Gasteiger partial charge in [-0.2, -0.15) is 0 Å². The van der Waals surface area contributed by atoms with E-state index in [1.165, 1.54) is 11.4 Å². The quantitative estimate of drug-likeness (QED) is 0.618. The van der Waals surface area contributed by atoms with Gasteiger partial charge >= 0.3 is 6.72 Å². The average molecular weight is 364 g/mol. The first-order chi connectivity index (χ1) is 9.95. The van der Waals surface area contributed by atoms with Crippen molar-refractivity contribution < 1.29 is 9.09 Å². The molecule has 116 valence electrons. The first kappa shape index (κ1) is 17.3. The molecule has 21 heavy (non-hydrogen) atoms. The van der Waals surface area contributed by atoms with Gasteiger partial charge in [-0.3, -0.25) is 4.57 Å². The van der Waals surface area contributed by atoms with Gasteiger partial charge in [0.1, 0.15) is 0 Å². The molecule has 0 aliphatic carbocycles. The second kappa shape index (κ2) is 7.49. The first-order valence-electron chi connectivity index (χ1n) is 6.78. The Labute approximate surface area is 138 Å². The number of benzene rings is 1. The van der Waals surface area contributed by atoms with E-state index in [-0.39, 0.29) is 6.04 Å². The molecule has 2 aromatic rings. The number of hydrogen-bond donors (Lipinski definition) is 1. The van der Waals surface area contributed by atoms with E-state index in [1.54, 1.807) is 11.3 Å². The molecule has 0 fully saturated rings. The molecule has 0 bridgehead atoms. The summed E-state index contributed by atoms with van der Waals surface area (Å²) in [6.07, 6.45) is 0. The van der Waals surface area contributed by atoms with Gasteiger partial charge < -0.3 is 4.52 Å². The van der Waals surface area contributed by atoms with Crippen molar-refractivity contribution in [3.05, 3.63) is 34.2 Å². The second-order valence-corrected chi connectivity index (χ2v) is 10.8. The van der Waals surface area contributed by atoms with Gasteiger partial charge in [-0.05, 0) is 49.2 Å². The summed E-state index contributed by atoms with van der Waals surface area (Å²) in [6.45, 7) is 3.28. The van der Waals surface area contributed by atoms with Crippen molar-refractivity contribution in [3.8, 4) is 0 Å². The Morgan fingerprint density at radius 3 is 2.81 bits per heavy atom. The Morgan fingerprint density at radius 1 is 1.43 bits per heavy atom. The van der Waals surface area contributed by atoms with E-state index in [0.29, 0.717) is 12.4 Å². The van der Waals surface area contributed by atoms with Crippen LogP contribution in [-0.4, -0.2) is 12.6 Å². The topological polar surface area (TPSA) is 38.3 Å². The minimum Gasteiger partial charge on any atom is -0.310 e. The largest absolute Gasteiger partial charge is 0.327 e. The standard InChI is InChI=1S/C14H19ClNO2PS2/c1-4-18-19(17,16-10(2)3)20-9-12-11-7-5-6-8-13(11)21-14(12)15/h5-8,10H,4,9H2,1-3H3,(H,16,17). The third-order valence-electron chi connectivity index (χ3n) is 2.74. The summed E-state index contributed by atoms with van der Waals surface area (Å²) in [5.74, 6) is 0.569. The van der Waals surface area contributed by atoms with E-state index in [9.17, 15) is 4.57 Å². The fourth-order valence-electron chi connectivity index (χ4n) is 1.95. The van der Waals surface area contributed by atoms with E-state index >= 15 is 0 Å². The molecule has 2 rings (SSSR count). The SMILES string of the molecule is CCOP(=O)(NC(C)C)SCc1c(Cl)sc2ccccc12. The molecule has 1 N–H and O–H groups in total. The van der Waals surface area contributed by atoms with Crippen molar-refractivity contribution in [2.24, 2.45) is 0 Å². The molecule has 1 aromatic heterocycles. The predicted molar refractivity (Wildman–Crippen MR) is 95.6 cm³/mol. The zero-order valence-corrected chi connectivity index (χ0v) is 15.5. The molecule has 0 saturated carbocycles. The van der Waals surface area contributed by atoms with Crippen molar-refractivity contribution in [1.29, 1.82) is 0 Å². The highest BCUT2D eigenvalue weighted by Crippen LogP contribution is 2.58. The lowest BCUT2D eigenvalue weighted by Gasteiger charge is -2.20. The Bertz CT molecular complexity index is 659. The van der Waals surface area contributed by atoms with E-state index in [0.717, 1.165) is 20.0 Å². The molecular weight excluding hydrogens is 345 g/mol. The highest BCUT2D eigenvalue weighted by Gasteiger charge is 2.25. The third kappa shape index (κ3) is 4.47. The van der Waals surface area contributed by atoms with Gasteiger partial charge in [-0.15, -0.1) is 11.3 Å². The maximum absolute atomic E-state index is 12.8. The van der Waals surface area contributed by atoms with Gasteiger partial charge in [0.2, 0.25) is 0 Å². The maximum atomic E-state index is 12.8. The van der Waals surface area contributed by atoms with Gasteiger partial charge in [0.25, 0.3) is 0 Å². The molecule has 0 radical (unpaired) electrons. The molecule has 0 aliphatic rings. The van der Waals surface area contributed by atoms with Crippen molar-refractivity contribution in [3.63, 3.8) is 0 Å². The molecular formula is C14H19ClNO2PS2.